The zero-order chi connectivity index (χ0) is 18.6. The first-order valence-electron chi connectivity index (χ1n) is 9.06. The number of rotatable bonds is 5. The molecule has 4 rings (SSSR count). The first kappa shape index (κ1) is 17.6. The summed E-state index contributed by atoms with van der Waals surface area (Å²) < 4.78 is 13.0. The second-order valence-corrected chi connectivity index (χ2v) is 6.44. The average Bonchev–Trinajstić information content (AvgIpc) is 3.10. The molecule has 140 valence electrons. The third-order valence-electron chi connectivity index (χ3n) is 4.71. The molecule has 7 nitrogen and oxygen atoms in total. The van der Waals surface area contributed by atoms with Crippen molar-refractivity contribution < 1.29 is 9.47 Å². The Labute approximate surface area is 158 Å². The Hall–Kier alpha value is -2.77. The van der Waals surface area contributed by atoms with Gasteiger partial charge in [-0.25, -0.2) is 9.67 Å². The quantitative estimate of drug-likeness (QED) is 0.692. The van der Waals surface area contributed by atoms with E-state index >= 15 is 0 Å². The molecule has 27 heavy (non-hydrogen) atoms. The van der Waals surface area contributed by atoms with Crippen molar-refractivity contribution in [1.29, 1.82) is 0 Å². The van der Waals surface area contributed by atoms with Crippen LogP contribution in [0.3, 0.4) is 0 Å². The van der Waals surface area contributed by atoms with Crippen LogP contribution in [0.15, 0.2) is 48.8 Å². The molecule has 1 aromatic carbocycles. The van der Waals surface area contributed by atoms with Crippen molar-refractivity contribution in [3.63, 3.8) is 0 Å². The van der Waals surface area contributed by atoms with Crippen molar-refractivity contribution in [3.8, 4) is 11.4 Å². The van der Waals surface area contributed by atoms with Crippen LogP contribution in [0, 0.1) is 6.92 Å². The third-order valence-corrected chi connectivity index (χ3v) is 4.71. The monoisotopic (exact) mass is 365 g/mol. The van der Waals surface area contributed by atoms with Crippen molar-refractivity contribution in [2.75, 3.05) is 33.4 Å². The van der Waals surface area contributed by atoms with Gasteiger partial charge in [0.15, 0.2) is 5.82 Å². The van der Waals surface area contributed by atoms with Gasteiger partial charge < -0.3 is 9.47 Å². The highest BCUT2D eigenvalue weighted by atomic mass is 16.5. The normalized spacial score (nSPS) is 16.2. The van der Waals surface area contributed by atoms with E-state index < -0.39 is 0 Å². The molecule has 0 aliphatic carbocycles. The summed E-state index contributed by atoms with van der Waals surface area (Å²) in [5, 5.41) is 4.68. The Kier molecular flexibility index (Phi) is 5.13. The summed E-state index contributed by atoms with van der Waals surface area (Å²) >= 11 is 0. The molecule has 3 heterocycles. The first-order valence-corrected chi connectivity index (χ1v) is 9.06. The fraction of sp³-hybridized carbons (Fsp3) is 0.350. The van der Waals surface area contributed by atoms with Crippen LogP contribution >= 0.6 is 0 Å². The number of para-hydroxylation sites is 2. The molecule has 0 bridgehead atoms. The van der Waals surface area contributed by atoms with Crippen LogP contribution < -0.4 is 4.74 Å². The smallest absolute Gasteiger partial charge is 0.154 e. The molecular weight excluding hydrogens is 342 g/mol. The minimum Gasteiger partial charge on any atom is -0.494 e. The van der Waals surface area contributed by atoms with Gasteiger partial charge in [0.05, 0.1) is 26.4 Å². The summed E-state index contributed by atoms with van der Waals surface area (Å²) in [4.78, 5) is 11.5. The number of aryl methyl sites for hydroxylation is 1. The maximum absolute atomic E-state index is 5.56. The van der Waals surface area contributed by atoms with Gasteiger partial charge in [0.25, 0.3) is 0 Å². The summed E-state index contributed by atoms with van der Waals surface area (Å²) in [6.07, 6.45) is 3.69. The number of pyridine rings is 1. The maximum atomic E-state index is 5.56. The van der Waals surface area contributed by atoms with Crippen LogP contribution in [0.1, 0.15) is 23.3 Å². The molecule has 7 heteroatoms. The molecular formula is C20H23N5O2. The van der Waals surface area contributed by atoms with Crippen LogP contribution in [0.4, 0.5) is 0 Å². The van der Waals surface area contributed by atoms with Gasteiger partial charge in [-0.05, 0) is 30.7 Å². The fourth-order valence-electron chi connectivity index (χ4n) is 3.49. The van der Waals surface area contributed by atoms with Crippen molar-refractivity contribution >= 4 is 0 Å². The van der Waals surface area contributed by atoms with E-state index in [-0.39, 0.29) is 6.04 Å². The van der Waals surface area contributed by atoms with E-state index in [0.29, 0.717) is 13.2 Å². The second kappa shape index (κ2) is 7.85. The van der Waals surface area contributed by atoms with Gasteiger partial charge in [0, 0.05) is 25.5 Å². The topological polar surface area (TPSA) is 65.3 Å². The predicted molar refractivity (Wildman–Crippen MR) is 101 cm³/mol. The maximum Gasteiger partial charge on any atom is 0.154 e. The van der Waals surface area contributed by atoms with Gasteiger partial charge in [-0.2, -0.15) is 5.10 Å². The van der Waals surface area contributed by atoms with E-state index in [0.717, 1.165) is 41.7 Å². The summed E-state index contributed by atoms with van der Waals surface area (Å²) in [5.41, 5.74) is 1.96. The van der Waals surface area contributed by atoms with E-state index in [2.05, 4.69) is 21.0 Å². The van der Waals surface area contributed by atoms with E-state index in [4.69, 9.17) is 14.5 Å². The highest BCUT2D eigenvalue weighted by Crippen LogP contribution is 2.31. The van der Waals surface area contributed by atoms with Crippen molar-refractivity contribution in [3.05, 3.63) is 66.0 Å². The highest BCUT2D eigenvalue weighted by molar-refractivity contribution is 5.47. The fourth-order valence-corrected chi connectivity index (χ4v) is 3.49. The summed E-state index contributed by atoms with van der Waals surface area (Å²) in [5.74, 6) is 2.33. The molecule has 1 unspecified atom stereocenters. The second-order valence-electron chi connectivity index (χ2n) is 6.44. The lowest BCUT2D eigenvalue weighted by molar-refractivity contribution is 0.0220. The molecule has 2 aromatic heterocycles. The molecule has 0 amide bonds. The van der Waals surface area contributed by atoms with Gasteiger partial charge in [-0.3, -0.25) is 9.88 Å². The number of benzene rings is 1. The Balaban J connectivity index is 1.86. The highest BCUT2D eigenvalue weighted by Gasteiger charge is 2.30. The molecule has 1 atom stereocenters. The molecule has 0 N–H and O–H groups in total. The van der Waals surface area contributed by atoms with E-state index in [1.807, 2.05) is 48.1 Å². The number of hydrogen-bond acceptors (Lipinski definition) is 6. The summed E-state index contributed by atoms with van der Waals surface area (Å²) in [6, 6.07) is 11.8. The predicted octanol–water partition coefficient (Wildman–Crippen LogP) is 2.40. The van der Waals surface area contributed by atoms with Crippen LogP contribution in [0.2, 0.25) is 0 Å². The van der Waals surface area contributed by atoms with Gasteiger partial charge >= 0.3 is 0 Å². The lowest BCUT2D eigenvalue weighted by atomic mass is 10.1. The van der Waals surface area contributed by atoms with Gasteiger partial charge in [0.2, 0.25) is 0 Å². The molecule has 1 aliphatic rings. The standard InChI is InChI=1S/C20H23N5O2/c1-15-22-20(25(23-15)17-7-3-4-8-18(17)26-2)19(16-6-5-9-21-14-16)24-10-12-27-13-11-24/h3-9,14,19H,10-13H2,1-2H3. The lowest BCUT2D eigenvalue weighted by Crippen LogP contribution is -2.40. The molecule has 0 radical (unpaired) electrons. The van der Waals surface area contributed by atoms with E-state index in [1.165, 1.54) is 0 Å². The lowest BCUT2D eigenvalue weighted by Gasteiger charge is -2.34. The van der Waals surface area contributed by atoms with Crippen LogP contribution in [0.25, 0.3) is 5.69 Å². The summed E-state index contributed by atoms with van der Waals surface area (Å²) in [7, 11) is 1.67. The summed E-state index contributed by atoms with van der Waals surface area (Å²) in [6.45, 7) is 4.99. The van der Waals surface area contributed by atoms with Crippen molar-refractivity contribution in [1.82, 2.24) is 24.6 Å². The van der Waals surface area contributed by atoms with Crippen molar-refractivity contribution in [2.45, 2.75) is 13.0 Å². The zero-order valence-electron chi connectivity index (χ0n) is 15.6. The Morgan fingerprint density at radius 1 is 1.11 bits per heavy atom. The molecule has 1 saturated heterocycles. The number of aromatic nitrogens is 4. The minimum absolute atomic E-state index is 0.0614. The first-order chi connectivity index (χ1) is 13.3. The molecule has 1 aliphatic heterocycles. The zero-order valence-corrected chi connectivity index (χ0v) is 15.6. The number of morpholine rings is 1. The van der Waals surface area contributed by atoms with Crippen molar-refractivity contribution in [2.24, 2.45) is 0 Å². The van der Waals surface area contributed by atoms with E-state index in [1.54, 1.807) is 13.3 Å². The minimum atomic E-state index is -0.0614. The van der Waals surface area contributed by atoms with E-state index in [9.17, 15) is 0 Å². The Morgan fingerprint density at radius 2 is 1.93 bits per heavy atom. The van der Waals surface area contributed by atoms with Crippen LogP contribution in [-0.4, -0.2) is 58.1 Å². The third kappa shape index (κ3) is 3.56. The Morgan fingerprint density at radius 3 is 2.67 bits per heavy atom. The Bertz CT molecular complexity index is 890. The number of hydrogen-bond donors (Lipinski definition) is 0. The average molecular weight is 365 g/mol. The molecule has 0 saturated carbocycles. The van der Waals surface area contributed by atoms with Gasteiger partial charge in [-0.1, -0.05) is 18.2 Å². The van der Waals surface area contributed by atoms with Gasteiger partial charge in [-0.15, -0.1) is 0 Å². The largest absolute Gasteiger partial charge is 0.494 e. The van der Waals surface area contributed by atoms with Crippen LogP contribution in [0.5, 0.6) is 5.75 Å². The SMILES string of the molecule is COc1ccccc1-n1nc(C)nc1C(c1cccnc1)N1CCOCC1. The van der Waals surface area contributed by atoms with Crippen LogP contribution in [-0.2, 0) is 4.74 Å². The number of nitrogens with zero attached hydrogens (tertiary/aromatic N) is 5. The number of ether oxygens (including phenoxy) is 2. The number of methoxy groups -OCH3 is 1. The van der Waals surface area contributed by atoms with Gasteiger partial charge in [0.1, 0.15) is 17.3 Å². The molecule has 1 fully saturated rings. The molecule has 0 spiro atoms. The molecule has 3 aromatic rings.